The average Bonchev–Trinajstić information content (AvgIpc) is 2.55. The molecule has 0 amide bonds. The Kier molecular flexibility index (Phi) is 3.65. The van der Waals surface area contributed by atoms with Gasteiger partial charge in [0.2, 0.25) is 11.8 Å². The molecule has 0 spiro atoms. The quantitative estimate of drug-likeness (QED) is 0.795. The van der Waals surface area contributed by atoms with Gasteiger partial charge in [-0.05, 0) is 12.5 Å². The minimum atomic E-state index is 0.119. The Balaban J connectivity index is 2.13. The van der Waals surface area contributed by atoms with E-state index < -0.39 is 0 Å². The molecule has 0 fully saturated rings. The fourth-order valence-corrected chi connectivity index (χ4v) is 2.06. The van der Waals surface area contributed by atoms with E-state index in [0.717, 1.165) is 16.8 Å². The molecule has 0 saturated carbocycles. The number of nitrogens with zero attached hydrogens (tertiary/aromatic N) is 4. The smallest absolute Gasteiger partial charge is 0.247 e. The first kappa shape index (κ1) is 13.9. The first-order valence-electron chi connectivity index (χ1n) is 6.87. The van der Waals surface area contributed by atoms with Crippen molar-refractivity contribution < 1.29 is 4.74 Å². The van der Waals surface area contributed by atoms with Gasteiger partial charge in [-0.2, -0.15) is 9.97 Å². The summed E-state index contributed by atoms with van der Waals surface area (Å²) >= 11 is 0. The summed E-state index contributed by atoms with van der Waals surface area (Å²) in [6.07, 6.45) is 3.45. The lowest BCUT2D eigenvalue weighted by Crippen LogP contribution is -2.04. The zero-order valence-corrected chi connectivity index (χ0v) is 12.2. The summed E-state index contributed by atoms with van der Waals surface area (Å²) in [5.74, 6) is 0.468. The van der Waals surface area contributed by atoms with Crippen LogP contribution in [0.5, 0.6) is 5.88 Å². The van der Waals surface area contributed by atoms with Gasteiger partial charge in [0.25, 0.3) is 0 Å². The lowest BCUT2D eigenvalue weighted by Gasteiger charge is -2.07. The lowest BCUT2D eigenvalue weighted by atomic mass is 10.1. The number of nitrogens with two attached hydrogens (primary N) is 1. The number of hydrogen-bond donors (Lipinski definition) is 1. The Morgan fingerprint density at radius 2 is 1.95 bits per heavy atom. The van der Waals surface area contributed by atoms with Gasteiger partial charge in [0.15, 0.2) is 11.2 Å². The molecule has 6 heteroatoms. The van der Waals surface area contributed by atoms with E-state index in [9.17, 15) is 0 Å². The third-order valence-electron chi connectivity index (χ3n) is 3.12. The summed E-state index contributed by atoms with van der Waals surface area (Å²) in [6, 6.07) is 7.87. The fourth-order valence-electron chi connectivity index (χ4n) is 2.06. The van der Waals surface area contributed by atoms with Gasteiger partial charge in [0.1, 0.15) is 0 Å². The first-order chi connectivity index (χ1) is 10.7. The molecule has 2 aromatic heterocycles. The maximum absolute atomic E-state index is 5.66. The normalized spacial score (nSPS) is 10.6. The third kappa shape index (κ3) is 2.58. The monoisotopic (exact) mass is 293 g/mol. The van der Waals surface area contributed by atoms with E-state index in [-0.39, 0.29) is 5.95 Å². The van der Waals surface area contributed by atoms with Crippen LogP contribution < -0.4 is 10.5 Å². The molecule has 0 unspecified atom stereocenters. The van der Waals surface area contributed by atoms with Crippen LogP contribution in [0.4, 0.5) is 5.95 Å². The van der Waals surface area contributed by atoms with Gasteiger partial charge in [-0.1, -0.05) is 36.9 Å². The number of ether oxygens (including phenoxy) is 1. The number of nitrogen functional groups attached to an aromatic ring is 1. The highest BCUT2D eigenvalue weighted by Gasteiger charge is 2.11. The van der Waals surface area contributed by atoms with Gasteiger partial charge in [0.05, 0.1) is 18.5 Å². The highest BCUT2D eigenvalue weighted by molar-refractivity contribution is 5.79. The Morgan fingerprint density at radius 1 is 1.18 bits per heavy atom. The van der Waals surface area contributed by atoms with Crippen LogP contribution in [0.25, 0.3) is 28.5 Å². The van der Waals surface area contributed by atoms with Crippen molar-refractivity contribution >= 4 is 23.2 Å². The van der Waals surface area contributed by atoms with E-state index in [1.54, 1.807) is 12.3 Å². The van der Waals surface area contributed by atoms with Gasteiger partial charge >= 0.3 is 0 Å². The minimum Gasteiger partial charge on any atom is -0.476 e. The van der Waals surface area contributed by atoms with Crippen molar-refractivity contribution in [2.75, 3.05) is 12.3 Å². The van der Waals surface area contributed by atoms with Crippen LogP contribution in [0, 0.1) is 0 Å². The van der Waals surface area contributed by atoms with Crippen molar-refractivity contribution in [3.63, 3.8) is 0 Å². The SMILES string of the molecule is C=Cc1ccc(-c2cnc3nc(N)nc(OCC)c3n2)cc1. The number of benzene rings is 1. The summed E-state index contributed by atoms with van der Waals surface area (Å²) in [7, 11) is 0. The van der Waals surface area contributed by atoms with E-state index in [1.807, 2.05) is 31.2 Å². The van der Waals surface area contributed by atoms with Crippen LogP contribution in [0.15, 0.2) is 37.0 Å². The molecule has 0 aliphatic carbocycles. The molecule has 6 nitrogen and oxygen atoms in total. The molecule has 1 aromatic carbocycles. The van der Waals surface area contributed by atoms with Crippen molar-refractivity contribution in [3.8, 4) is 17.1 Å². The molecule has 0 saturated heterocycles. The maximum atomic E-state index is 5.66. The summed E-state index contributed by atoms with van der Waals surface area (Å²) in [5, 5.41) is 0. The van der Waals surface area contributed by atoms with Crippen molar-refractivity contribution in [1.29, 1.82) is 0 Å². The summed E-state index contributed by atoms with van der Waals surface area (Å²) in [6.45, 7) is 6.08. The predicted octanol–water partition coefficient (Wildman–Crippen LogP) is 2.71. The van der Waals surface area contributed by atoms with Gasteiger partial charge in [-0.25, -0.2) is 9.97 Å². The molecule has 0 bridgehead atoms. The molecule has 110 valence electrons. The number of hydrogen-bond acceptors (Lipinski definition) is 6. The number of anilines is 1. The molecule has 22 heavy (non-hydrogen) atoms. The maximum Gasteiger partial charge on any atom is 0.247 e. The van der Waals surface area contributed by atoms with Gasteiger partial charge in [0, 0.05) is 5.56 Å². The molecular formula is C16H15N5O. The predicted molar refractivity (Wildman–Crippen MR) is 86.2 cm³/mol. The van der Waals surface area contributed by atoms with E-state index >= 15 is 0 Å². The van der Waals surface area contributed by atoms with Crippen molar-refractivity contribution in [1.82, 2.24) is 19.9 Å². The molecule has 0 atom stereocenters. The molecule has 0 aliphatic rings. The molecule has 0 radical (unpaired) electrons. The largest absolute Gasteiger partial charge is 0.476 e. The average molecular weight is 293 g/mol. The molecular weight excluding hydrogens is 278 g/mol. The highest BCUT2D eigenvalue weighted by Crippen LogP contribution is 2.24. The van der Waals surface area contributed by atoms with Crippen molar-refractivity contribution in [2.24, 2.45) is 0 Å². The van der Waals surface area contributed by atoms with Crippen LogP contribution in [0.1, 0.15) is 12.5 Å². The van der Waals surface area contributed by atoms with E-state index in [1.165, 1.54) is 0 Å². The van der Waals surface area contributed by atoms with Crippen molar-refractivity contribution in [2.45, 2.75) is 6.92 Å². The summed E-state index contributed by atoms with van der Waals surface area (Å²) < 4.78 is 5.48. The number of fused-ring (bicyclic) bond motifs is 1. The van der Waals surface area contributed by atoms with Crippen LogP contribution in [0.3, 0.4) is 0 Å². The van der Waals surface area contributed by atoms with Crippen molar-refractivity contribution in [3.05, 3.63) is 42.6 Å². The molecule has 2 heterocycles. The topological polar surface area (TPSA) is 86.8 Å². The Morgan fingerprint density at radius 3 is 2.64 bits per heavy atom. The van der Waals surface area contributed by atoms with Crippen LogP contribution in [0.2, 0.25) is 0 Å². The Labute approximate surface area is 127 Å². The molecule has 2 N–H and O–H groups in total. The van der Waals surface area contributed by atoms with E-state index in [2.05, 4.69) is 26.5 Å². The van der Waals surface area contributed by atoms with E-state index in [4.69, 9.17) is 10.5 Å². The van der Waals surface area contributed by atoms with Gasteiger partial charge in [-0.15, -0.1) is 0 Å². The lowest BCUT2D eigenvalue weighted by molar-refractivity contribution is 0.330. The first-order valence-corrected chi connectivity index (χ1v) is 6.87. The Hall–Kier alpha value is -3.02. The summed E-state index contributed by atoms with van der Waals surface area (Å²) in [4.78, 5) is 17.0. The highest BCUT2D eigenvalue weighted by atomic mass is 16.5. The third-order valence-corrected chi connectivity index (χ3v) is 3.12. The minimum absolute atomic E-state index is 0.119. The second-order valence-corrected chi connectivity index (χ2v) is 4.57. The number of rotatable bonds is 4. The Bertz CT molecular complexity index is 830. The standard InChI is InChI=1S/C16H15N5O/c1-3-10-5-7-11(8-6-10)12-9-18-14-13(19-12)15(22-4-2)21-16(17)20-14/h3,5-9H,1,4H2,2H3,(H2,17,18,20,21). The van der Waals surface area contributed by atoms with Gasteiger partial charge < -0.3 is 10.5 Å². The molecule has 3 rings (SSSR count). The second kappa shape index (κ2) is 5.77. The second-order valence-electron chi connectivity index (χ2n) is 4.57. The zero-order valence-electron chi connectivity index (χ0n) is 12.2. The summed E-state index contributed by atoms with van der Waals surface area (Å²) in [5.41, 5.74) is 9.29. The van der Waals surface area contributed by atoms with Crippen LogP contribution in [-0.4, -0.2) is 26.5 Å². The number of aromatic nitrogens is 4. The molecule has 0 aliphatic heterocycles. The fraction of sp³-hybridized carbons (Fsp3) is 0.125. The van der Waals surface area contributed by atoms with Gasteiger partial charge in [-0.3, -0.25) is 0 Å². The molecule has 3 aromatic rings. The van der Waals surface area contributed by atoms with Crippen LogP contribution in [-0.2, 0) is 0 Å². The van der Waals surface area contributed by atoms with E-state index in [0.29, 0.717) is 23.7 Å². The van der Waals surface area contributed by atoms with Crippen LogP contribution >= 0.6 is 0 Å². The zero-order chi connectivity index (χ0) is 15.5.